The van der Waals surface area contributed by atoms with Crippen molar-refractivity contribution in [1.82, 2.24) is 5.32 Å². The van der Waals surface area contributed by atoms with Crippen LogP contribution in [-0.4, -0.2) is 25.6 Å². The number of hydrogen-bond acceptors (Lipinski definition) is 3. The Labute approximate surface area is 173 Å². The molecule has 0 aliphatic heterocycles. The summed E-state index contributed by atoms with van der Waals surface area (Å²) in [5.74, 6) is 0.411. The van der Waals surface area contributed by atoms with Crippen LogP contribution in [0.15, 0.2) is 42.5 Å². The predicted octanol–water partition coefficient (Wildman–Crippen LogP) is 5.16. The van der Waals surface area contributed by atoms with Crippen LogP contribution in [-0.2, 0) is 17.4 Å². The zero-order chi connectivity index (χ0) is 21.6. The molecule has 0 aliphatic rings. The monoisotopic (exact) mass is 428 g/mol. The number of benzene rings is 2. The second kappa shape index (κ2) is 9.87. The summed E-state index contributed by atoms with van der Waals surface area (Å²) in [6, 6.07) is 9.93. The number of alkyl halides is 3. The number of hydrogen-bond donors (Lipinski definition) is 2. The SMILES string of the molecule is COc1ccc(CCNC(=O)C(Nc2ccc(C(F)(F)F)cc2Cl)C(C)C)cc1. The van der Waals surface area contributed by atoms with Crippen LogP contribution in [0, 0.1) is 5.92 Å². The van der Waals surface area contributed by atoms with E-state index in [-0.39, 0.29) is 22.5 Å². The standard InChI is InChI=1S/C21H24ClF3N2O2/c1-13(2)19(27-18-9-6-15(12-17(18)22)21(23,24)25)20(28)26-11-10-14-4-7-16(29-3)8-5-14/h4-9,12-13,19,27H,10-11H2,1-3H3,(H,26,28). The first-order chi connectivity index (χ1) is 13.6. The zero-order valence-electron chi connectivity index (χ0n) is 16.4. The molecule has 0 saturated carbocycles. The molecule has 2 N–H and O–H groups in total. The molecule has 0 saturated heterocycles. The van der Waals surface area contributed by atoms with Crippen molar-refractivity contribution in [2.45, 2.75) is 32.5 Å². The van der Waals surface area contributed by atoms with Crippen molar-refractivity contribution < 1.29 is 22.7 Å². The molecule has 29 heavy (non-hydrogen) atoms. The molecule has 1 amide bonds. The fraction of sp³-hybridized carbons (Fsp3) is 0.381. The first kappa shape index (κ1) is 22.9. The minimum Gasteiger partial charge on any atom is -0.497 e. The lowest BCUT2D eigenvalue weighted by Crippen LogP contribution is -2.43. The van der Waals surface area contributed by atoms with Gasteiger partial charge in [-0.25, -0.2) is 0 Å². The van der Waals surface area contributed by atoms with E-state index < -0.39 is 17.8 Å². The zero-order valence-corrected chi connectivity index (χ0v) is 17.2. The Hall–Kier alpha value is -2.41. The molecule has 1 unspecified atom stereocenters. The molecule has 2 rings (SSSR count). The maximum atomic E-state index is 12.8. The number of ether oxygens (including phenoxy) is 1. The van der Waals surface area contributed by atoms with E-state index in [1.165, 1.54) is 6.07 Å². The Morgan fingerprint density at radius 2 is 1.79 bits per heavy atom. The average molecular weight is 429 g/mol. The van der Waals surface area contributed by atoms with Gasteiger partial charge in [-0.1, -0.05) is 37.6 Å². The first-order valence-electron chi connectivity index (χ1n) is 9.15. The summed E-state index contributed by atoms with van der Waals surface area (Å²) in [5.41, 5.74) is 0.493. The Kier molecular flexibility index (Phi) is 7.79. The lowest BCUT2D eigenvalue weighted by Gasteiger charge is -2.23. The maximum absolute atomic E-state index is 12.8. The van der Waals surface area contributed by atoms with Crippen molar-refractivity contribution in [2.24, 2.45) is 5.92 Å². The van der Waals surface area contributed by atoms with E-state index in [1.807, 2.05) is 38.1 Å². The molecule has 0 heterocycles. The second-order valence-corrected chi connectivity index (χ2v) is 7.35. The molecule has 2 aromatic rings. The largest absolute Gasteiger partial charge is 0.497 e. The summed E-state index contributed by atoms with van der Waals surface area (Å²) in [6.45, 7) is 4.12. The Balaban J connectivity index is 1.98. The van der Waals surface area contributed by atoms with Gasteiger partial charge in [-0.3, -0.25) is 4.79 Å². The van der Waals surface area contributed by atoms with Crippen LogP contribution in [0.4, 0.5) is 18.9 Å². The highest BCUT2D eigenvalue weighted by Crippen LogP contribution is 2.34. The smallest absolute Gasteiger partial charge is 0.416 e. The molecule has 158 valence electrons. The van der Waals surface area contributed by atoms with Gasteiger partial charge in [-0.15, -0.1) is 0 Å². The molecule has 0 aromatic heterocycles. The molecule has 0 bridgehead atoms. The van der Waals surface area contributed by atoms with Crippen molar-refractivity contribution in [3.63, 3.8) is 0 Å². The Morgan fingerprint density at radius 1 is 1.14 bits per heavy atom. The van der Waals surface area contributed by atoms with E-state index in [9.17, 15) is 18.0 Å². The third-order valence-electron chi connectivity index (χ3n) is 4.43. The van der Waals surface area contributed by atoms with E-state index >= 15 is 0 Å². The highest BCUT2D eigenvalue weighted by molar-refractivity contribution is 6.33. The minimum absolute atomic E-state index is 0.0866. The van der Waals surface area contributed by atoms with E-state index in [4.69, 9.17) is 16.3 Å². The highest BCUT2D eigenvalue weighted by atomic mass is 35.5. The van der Waals surface area contributed by atoms with Gasteiger partial charge in [-0.05, 0) is 48.2 Å². The van der Waals surface area contributed by atoms with Gasteiger partial charge in [0, 0.05) is 6.54 Å². The number of nitrogens with one attached hydrogen (secondary N) is 2. The van der Waals surface area contributed by atoms with Crippen molar-refractivity contribution in [3.8, 4) is 5.75 Å². The molecule has 8 heteroatoms. The first-order valence-corrected chi connectivity index (χ1v) is 9.53. The number of methoxy groups -OCH3 is 1. The predicted molar refractivity (Wildman–Crippen MR) is 108 cm³/mol. The fourth-order valence-electron chi connectivity index (χ4n) is 2.74. The van der Waals surface area contributed by atoms with E-state index in [1.54, 1.807) is 7.11 Å². The molecule has 0 spiro atoms. The molecule has 0 radical (unpaired) electrons. The summed E-state index contributed by atoms with van der Waals surface area (Å²) < 4.78 is 43.5. The van der Waals surface area contributed by atoms with Crippen molar-refractivity contribution in [3.05, 3.63) is 58.6 Å². The number of anilines is 1. The summed E-state index contributed by atoms with van der Waals surface area (Å²) in [6.07, 6.45) is -3.83. The summed E-state index contributed by atoms with van der Waals surface area (Å²) in [4.78, 5) is 12.6. The number of halogens is 4. The summed E-state index contributed by atoms with van der Waals surface area (Å²) in [7, 11) is 1.59. The van der Waals surface area contributed by atoms with Crippen molar-refractivity contribution >= 4 is 23.2 Å². The van der Waals surface area contributed by atoms with Gasteiger partial charge >= 0.3 is 6.18 Å². The third kappa shape index (κ3) is 6.56. The molecule has 4 nitrogen and oxygen atoms in total. The number of rotatable bonds is 8. The number of carbonyl (C=O) groups is 1. The van der Waals surface area contributed by atoms with Crippen LogP contribution >= 0.6 is 11.6 Å². The molecule has 0 aliphatic carbocycles. The number of carbonyl (C=O) groups excluding carboxylic acids is 1. The quantitative estimate of drug-likeness (QED) is 0.610. The normalized spacial score (nSPS) is 12.6. The van der Waals surface area contributed by atoms with Crippen LogP contribution in [0.1, 0.15) is 25.0 Å². The summed E-state index contributed by atoms with van der Waals surface area (Å²) >= 11 is 5.99. The average Bonchev–Trinajstić information content (AvgIpc) is 2.66. The van der Waals surface area contributed by atoms with Gasteiger partial charge in [0.1, 0.15) is 11.8 Å². The molecule has 0 fully saturated rings. The van der Waals surface area contributed by atoms with Gasteiger partial charge < -0.3 is 15.4 Å². The summed E-state index contributed by atoms with van der Waals surface area (Å²) in [5, 5.41) is 5.74. The minimum atomic E-state index is -4.47. The number of amides is 1. The van der Waals surface area contributed by atoms with Crippen molar-refractivity contribution in [2.75, 3.05) is 19.0 Å². The van der Waals surface area contributed by atoms with E-state index in [2.05, 4.69) is 10.6 Å². The molecular formula is C21H24ClF3N2O2. The lowest BCUT2D eigenvalue weighted by atomic mass is 10.0. The van der Waals surface area contributed by atoms with E-state index in [0.29, 0.717) is 13.0 Å². The third-order valence-corrected chi connectivity index (χ3v) is 4.74. The van der Waals surface area contributed by atoms with Crippen LogP contribution in [0.3, 0.4) is 0 Å². The Bertz CT molecular complexity index is 824. The van der Waals surface area contributed by atoms with Gasteiger partial charge in [0.25, 0.3) is 0 Å². The topological polar surface area (TPSA) is 50.4 Å². The van der Waals surface area contributed by atoms with Gasteiger partial charge in [0.2, 0.25) is 5.91 Å². The Morgan fingerprint density at radius 3 is 2.31 bits per heavy atom. The molecule has 1 atom stereocenters. The fourth-order valence-corrected chi connectivity index (χ4v) is 2.98. The van der Waals surface area contributed by atoms with Crippen LogP contribution in [0.25, 0.3) is 0 Å². The van der Waals surface area contributed by atoms with Crippen LogP contribution in [0.2, 0.25) is 5.02 Å². The van der Waals surface area contributed by atoms with E-state index in [0.717, 1.165) is 23.4 Å². The lowest BCUT2D eigenvalue weighted by molar-refractivity contribution is -0.137. The maximum Gasteiger partial charge on any atom is 0.416 e. The highest BCUT2D eigenvalue weighted by Gasteiger charge is 2.31. The van der Waals surface area contributed by atoms with Gasteiger partial charge in [0.15, 0.2) is 0 Å². The van der Waals surface area contributed by atoms with Gasteiger partial charge in [-0.2, -0.15) is 13.2 Å². The second-order valence-electron chi connectivity index (χ2n) is 6.95. The van der Waals surface area contributed by atoms with Crippen molar-refractivity contribution in [1.29, 1.82) is 0 Å². The van der Waals surface area contributed by atoms with Crippen LogP contribution in [0.5, 0.6) is 5.75 Å². The van der Waals surface area contributed by atoms with Gasteiger partial charge in [0.05, 0.1) is 23.4 Å². The molecular weight excluding hydrogens is 405 g/mol. The molecule has 2 aromatic carbocycles. The van der Waals surface area contributed by atoms with Crippen LogP contribution < -0.4 is 15.4 Å².